The smallest absolute Gasteiger partial charge is 0.410 e. The predicted molar refractivity (Wildman–Crippen MR) is 114 cm³/mol. The number of carbonyl (C=O) groups excluding carboxylic acids is 4. The van der Waals surface area contributed by atoms with E-state index in [2.05, 4.69) is 10.9 Å². The molecule has 32 heavy (non-hydrogen) atoms. The highest BCUT2D eigenvalue weighted by atomic mass is 16.7. The highest BCUT2D eigenvalue weighted by molar-refractivity contribution is 5.91. The van der Waals surface area contributed by atoms with Gasteiger partial charge in [-0.15, -0.1) is 0 Å². The maximum atomic E-state index is 12.7. The summed E-state index contributed by atoms with van der Waals surface area (Å²) in [5.41, 5.74) is 4.20. The molecule has 2 bridgehead atoms. The third-order valence-corrected chi connectivity index (χ3v) is 5.85. The van der Waals surface area contributed by atoms with Gasteiger partial charge in [-0.25, -0.2) is 9.59 Å². The van der Waals surface area contributed by atoms with E-state index in [9.17, 15) is 19.2 Å². The number of piperidine rings is 1. The molecular weight excluding hydrogens is 418 g/mol. The highest BCUT2D eigenvalue weighted by Gasteiger charge is 2.48. The van der Waals surface area contributed by atoms with E-state index in [1.54, 1.807) is 20.8 Å². The second kappa shape index (κ2) is 9.93. The van der Waals surface area contributed by atoms with Gasteiger partial charge in [-0.3, -0.25) is 30.2 Å². The molecular formula is C21H35N5O6. The second-order valence-corrected chi connectivity index (χ2v) is 9.50. The van der Waals surface area contributed by atoms with Crippen molar-refractivity contribution in [2.45, 2.75) is 89.9 Å². The number of carbonyl (C=O) groups is 4. The summed E-state index contributed by atoms with van der Waals surface area (Å²) in [6, 6.07) is -1.76. The van der Waals surface area contributed by atoms with Gasteiger partial charge in [0.15, 0.2) is 0 Å². The summed E-state index contributed by atoms with van der Waals surface area (Å²) in [6.07, 6.45) is 3.56. The number of hydrazine groups is 1. The third kappa shape index (κ3) is 5.43. The van der Waals surface area contributed by atoms with Crippen molar-refractivity contribution in [3.05, 3.63) is 0 Å². The highest BCUT2D eigenvalue weighted by Crippen LogP contribution is 2.30. The average molecular weight is 454 g/mol. The lowest BCUT2D eigenvalue weighted by atomic mass is 10.0. The van der Waals surface area contributed by atoms with Crippen LogP contribution in [0.15, 0.2) is 0 Å². The van der Waals surface area contributed by atoms with E-state index in [0.29, 0.717) is 45.4 Å². The summed E-state index contributed by atoms with van der Waals surface area (Å²) >= 11 is 0. The van der Waals surface area contributed by atoms with E-state index in [0.717, 1.165) is 12.8 Å². The van der Waals surface area contributed by atoms with Crippen LogP contribution in [-0.2, 0) is 19.2 Å². The zero-order chi connectivity index (χ0) is 23.5. The zero-order valence-electron chi connectivity index (χ0n) is 19.4. The summed E-state index contributed by atoms with van der Waals surface area (Å²) in [5, 5.41) is 1.39. The molecule has 3 heterocycles. The maximum absolute atomic E-state index is 12.7. The number of hydrogen-bond donors (Lipinski definition) is 2. The molecule has 0 spiro atoms. The molecule has 0 aliphatic carbocycles. The van der Waals surface area contributed by atoms with Crippen LogP contribution in [0.5, 0.6) is 0 Å². The molecule has 3 fully saturated rings. The van der Waals surface area contributed by atoms with Gasteiger partial charge >= 0.3 is 12.1 Å². The number of nitrogens with one attached hydrogen (secondary N) is 2. The molecule has 3 aliphatic rings. The first-order valence-corrected chi connectivity index (χ1v) is 11.4. The number of rotatable bonds is 6. The van der Waals surface area contributed by atoms with Crippen molar-refractivity contribution in [2.24, 2.45) is 0 Å². The molecule has 11 heteroatoms. The van der Waals surface area contributed by atoms with Crippen LogP contribution in [0.25, 0.3) is 0 Å². The number of nitrogens with zero attached hydrogens (tertiary/aromatic N) is 3. The van der Waals surface area contributed by atoms with Crippen molar-refractivity contribution in [3.8, 4) is 0 Å². The fourth-order valence-electron chi connectivity index (χ4n) is 4.25. The first kappa shape index (κ1) is 24.1. The van der Waals surface area contributed by atoms with Crippen molar-refractivity contribution < 1.29 is 28.8 Å². The molecule has 0 saturated carbocycles. The van der Waals surface area contributed by atoms with Gasteiger partial charge in [0.25, 0.3) is 11.8 Å². The molecule has 0 aromatic carbocycles. The molecule has 0 aromatic heterocycles. The monoisotopic (exact) mass is 453 g/mol. The van der Waals surface area contributed by atoms with Crippen LogP contribution < -0.4 is 10.9 Å². The van der Waals surface area contributed by atoms with Crippen LogP contribution in [-0.4, -0.2) is 82.2 Å². The van der Waals surface area contributed by atoms with Gasteiger partial charge < -0.3 is 9.64 Å². The van der Waals surface area contributed by atoms with Crippen LogP contribution in [0.4, 0.5) is 9.59 Å². The number of fused-ring (bicyclic) bond motifs is 2. The van der Waals surface area contributed by atoms with Crippen molar-refractivity contribution in [3.63, 3.8) is 0 Å². The zero-order valence-corrected chi connectivity index (χ0v) is 19.4. The Bertz CT molecular complexity index is 739. The van der Waals surface area contributed by atoms with Gasteiger partial charge in [-0.1, -0.05) is 13.3 Å². The summed E-state index contributed by atoms with van der Waals surface area (Å²) in [4.78, 5) is 58.9. The van der Waals surface area contributed by atoms with Gasteiger partial charge in [-0.05, 0) is 52.9 Å². The van der Waals surface area contributed by atoms with Crippen LogP contribution in [0, 0.1) is 0 Å². The summed E-state index contributed by atoms with van der Waals surface area (Å²) in [7, 11) is 0. The Labute approximate surface area is 188 Å². The third-order valence-electron chi connectivity index (χ3n) is 5.85. The predicted octanol–water partition coefficient (Wildman–Crippen LogP) is 1.53. The molecule has 3 rings (SSSR count). The minimum absolute atomic E-state index is 0.0566. The Kier molecular flexibility index (Phi) is 7.47. The first-order valence-electron chi connectivity index (χ1n) is 11.4. The number of likely N-dealkylation sites (tertiary alicyclic amines) is 1. The molecule has 3 aliphatic heterocycles. The van der Waals surface area contributed by atoms with E-state index in [1.165, 1.54) is 14.9 Å². The molecule has 11 nitrogen and oxygen atoms in total. The minimum Gasteiger partial charge on any atom is -0.444 e. The summed E-state index contributed by atoms with van der Waals surface area (Å²) < 4.78 is 5.37. The van der Waals surface area contributed by atoms with Crippen molar-refractivity contribution in [1.82, 2.24) is 25.7 Å². The fourth-order valence-corrected chi connectivity index (χ4v) is 4.25. The average Bonchev–Trinajstić information content (AvgIpc) is 3.31. The summed E-state index contributed by atoms with van der Waals surface area (Å²) in [6.45, 7) is 8.65. The minimum atomic E-state index is -0.711. The van der Waals surface area contributed by atoms with Gasteiger partial charge in [0.1, 0.15) is 17.7 Å². The Hall–Kier alpha value is -2.56. The molecule has 180 valence electrons. The van der Waals surface area contributed by atoms with Crippen molar-refractivity contribution in [1.29, 1.82) is 0 Å². The van der Waals surface area contributed by atoms with Gasteiger partial charge in [0, 0.05) is 13.1 Å². The van der Waals surface area contributed by atoms with E-state index in [1.807, 2.05) is 6.92 Å². The standard InChI is InChI=1S/C21H35N5O6/c1-5-6-12-31-26-14-9-10-16(25(13-14)19(26)29)18(28)23-22-17(27)15-8-7-11-24(15)20(30)32-21(2,3)4/h14-16H,5-13H2,1-4H3,(H,22,27)(H,23,28)/t14-,15?,16?/m0/s1. The fraction of sp³-hybridized carbons (Fsp3) is 0.810. The van der Waals surface area contributed by atoms with Gasteiger partial charge in [-0.2, -0.15) is 5.06 Å². The Balaban J connectivity index is 1.52. The van der Waals surface area contributed by atoms with Crippen LogP contribution in [0.1, 0.15) is 66.2 Å². The molecule has 3 atom stereocenters. The van der Waals surface area contributed by atoms with Crippen LogP contribution in [0.2, 0.25) is 0 Å². The number of hydroxylamine groups is 2. The second-order valence-electron chi connectivity index (χ2n) is 9.50. The maximum Gasteiger partial charge on any atom is 0.410 e. The van der Waals surface area contributed by atoms with Crippen molar-refractivity contribution in [2.75, 3.05) is 19.7 Å². The van der Waals surface area contributed by atoms with Gasteiger partial charge in [0.05, 0.1) is 12.6 Å². The molecule has 2 N–H and O–H groups in total. The summed E-state index contributed by atoms with van der Waals surface area (Å²) in [5.74, 6) is -0.935. The van der Waals surface area contributed by atoms with E-state index in [-0.39, 0.29) is 12.1 Å². The topological polar surface area (TPSA) is 121 Å². The van der Waals surface area contributed by atoms with Crippen LogP contribution >= 0.6 is 0 Å². The van der Waals surface area contributed by atoms with Crippen LogP contribution in [0.3, 0.4) is 0 Å². The molecule has 0 aromatic rings. The van der Waals surface area contributed by atoms with E-state index in [4.69, 9.17) is 9.57 Å². The lowest BCUT2D eigenvalue weighted by molar-refractivity contribution is -0.134. The molecule has 2 unspecified atom stereocenters. The Morgan fingerprint density at radius 1 is 1.06 bits per heavy atom. The van der Waals surface area contributed by atoms with Crippen molar-refractivity contribution >= 4 is 23.9 Å². The molecule has 5 amide bonds. The molecule has 0 radical (unpaired) electrons. The lowest BCUT2D eigenvalue weighted by Crippen LogP contribution is -2.57. The lowest BCUT2D eigenvalue weighted by Gasteiger charge is -2.30. The number of hydrogen-bond acceptors (Lipinski definition) is 6. The number of ether oxygens (including phenoxy) is 1. The first-order chi connectivity index (χ1) is 15.1. The number of amides is 5. The van der Waals surface area contributed by atoms with E-state index < -0.39 is 35.6 Å². The SMILES string of the molecule is CCCCON1C(=O)N2C[C@@H]1CCC2C(=O)NNC(=O)C1CCCN1C(=O)OC(C)(C)C. The Morgan fingerprint density at radius 3 is 2.41 bits per heavy atom. The number of urea groups is 1. The Morgan fingerprint density at radius 2 is 1.75 bits per heavy atom. The van der Waals surface area contributed by atoms with Gasteiger partial charge in [0.2, 0.25) is 0 Å². The quantitative estimate of drug-likeness (QED) is 0.465. The number of unbranched alkanes of at least 4 members (excludes halogenated alkanes) is 1. The largest absolute Gasteiger partial charge is 0.444 e. The normalized spacial score (nSPS) is 25.2. The van der Waals surface area contributed by atoms with E-state index >= 15 is 0 Å². The molecule has 3 saturated heterocycles.